The second-order valence-corrected chi connectivity index (χ2v) is 4.46. The van der Waals surface area contributed by atoms with Crippen molar-refractivity contribution < 1.29 is 32.2 Å². The normalized spacial score (nSPS) is 11.1. The van der Waals surface area contributed by atoms with Crippen molar-refractivity contribution in [2.24, 2.45) is 0 Å². The van der Waals surface area contributed by atoms with Crippen LogP contribution in [0.5, 0.6) is 11.5 Å². The Labute approximate surface area is 130 Å². The summed E-state index contributed by atoms with van der Waals surface area (Å²) < 4.78 is 51.2. The molecule has 0 saturated carbocycles. The maximum atomic E-state index is 12.4. The van der Waals surface area contributed by atoms with Crippen LogP contribution in [0.2, 0.25) is 0 Å². The molecule has 0 radical (unpaired) electrons. The third-order valence-electron chi connectivity index (χ3n) is 2.89. The summed E-state index contributed by atoms with van der Waals surface area (Å²) in [6.07, 6.45) is -4.26. The molecule has 2 aromatic rings. The molecule has 7 heteroatoms. The number of rotatable bonds is 6. The molecule has 0 aliphatic carbocycles. The highest BCUT2D eigenvalue weighted by molar-refractivity contribution is 5.89. The Morgan fingerprint density at radius 1 is 1.09 bits per heavy atom. The Bertz CT molecular complexity index is 683. The van der Waals surface area contributed by atoms with Gasteiger partial charge in [0.15, 0.2) is 13.1 Å². The van der Waals surface area contributed by atoms with E-state index in [1.54, 1.807) is 24.3 Å². The summed E-state index contributed by atoms with van der Waals surface area (Å²) in [6, 6.07) is 10.1. The first kappa shape index (κ1) is 16.8. The van der Waals surface area contributed by atoms with E-state index in [-0.39, 0.29) is 17.9 Å². The summed E-state index contributed by atoms with van der Waals surface area (Å²) in [6.45, 7) is -0.0355. The number of alkyl halides is 3. The molecule has 2 aromatic carbocycles. The molecule has 23 heavy (non-hydrogen) atoms. The third kappa shape index (κ3) is 4.46. The molecule has 0 aliphatic heterocycles. The maximum Gasteiger partial charge on any atom is 0.573 e. The molecule has 0 aromatic heterocycles. The number of hydrogen-bond donors (Lipinski definition) is 0. The highest BCUT2D eigenvalue weighted by atomic mass is 19.4. The van der Waals surface area contributed by atoms with Crippen LogP contribution < -0.4 is 9.47 Å². The van der Waals surface area contributed by atoms with Gasteiger partial charge in [-0.2, -0.15) is 0 Å². The first-order valence-corrected chi connectivity index (χ1v) is 6.50. The molecule has 0 atom stereocenters. The quantitative estimate of drug-likeness (QED) is 0.593. The molecule has 0 bridgehead atoms. The summed E-state index contributed by atoms with van der Waals surface area (Å²) in [4.78, 5) is 11.2. The average molecular weight is 326 g/mol. The van der Waals surface area contributed by atoms with E-state index in [2.05, 4.69) is 4.74 Å². The van der Waals surface area contributed by atoms with Crippen molar-refractivity contribution in [3.05, 3.63) is 48.0 Å². The molecular weight excluding hydrogens is 313 g/mol. The minimum Gasteiger partial charge on any atom is -0.467 e. The fourth-order valence-corrected chi connectivity index (χ4v) is 2.01. The van der Waals surface area contributed by atoms with E-state index in [9.17, 15) is 18.0 Å². The Kier molecular flexibility index (Phi) is 5.23. The van der Waals surface area contributed by atoms with Crippen LogP contribution in [0, 0.1) is 0 Å². The summed E-state index contributed by atoms with van der Waals surface area (Å²) in [7, 11) is 1.44. The molecule has 4 nitrogen and oxygen atoms in total. The highest BCUT2D eigenvalue weighted by Crippen LogP contribution is 2.35. The van der Waals surface area contributed by atoms with Crippen molar-refractivity contribution in [2.45, 2.75) is 6.36 Å². The first-order chi connectivity index (χ1) is 10.9. The lowest BCUT2D eigenvalue weighted by Gasteiger charge is -2.14. The van der Waals surface area contributed by atoms with Crippen molar-refractivity contribution in [3.63, 3.8) is 0 Å². The van der Waals surface area contributed by atoms with Crippen LogP contribution in [0.25, 0.3) is 11.1 Å². The van der Waals surface area contributed by atoms with Crippen LogP contribution in [0.3, 0.4) is 0 Å². The van der Waals surface area contributed by atoms with Crippen LogP contribution in [0.15, 0.2) is 42.5 Å². The minimum atomic E-state index is -4.81. The first-order valence-electron chi connectivity index (χ1n) is 6.50. The van der Waals surface area contributed by atoms with Crippen LogP contribution in [0.4, 0.5) is 13.2 Å². The van der Waals surface area contributed by atoms with Gasteiger partial charge in [-0.15, -0.1) is 13.2 Å². The van der Waals surface area contributed by atoms with E-state index in [0.717, 1.165) is 12.1 Å². The lowest BCUT2D eigenvalue weighted by Crippen LogP contribution is -2.17. The van der Waals surface area contributed by atoms with E-state index < -0.39 is 12.1 Å². The van der Waals surface area contributed by atoms with E-state index in [1.807, 2.05) is 0 Å². The number of carbonyl (C=O) groups is 1. The molecule has 0 fully saturated rings. The summed E-state index contributed by atoms with van der Waals surface area (Å²) in [5.74, 6) is -0.0405. The molecule has 122 valence electrons. The third-order valence-corrected chi connectivity index (χ3v) is 2.89. The number of carbonyl (C=O) groups excluding carboxylic acids is 1. The zero-order chi connectivity index (χ0) is 16.9. The molecule has 0 heterocycles. The largest absolute Gasteiger partial charge is 0.573 e. The Hall–Kier alpha value is -2.54. The zero-order valence-corrected chi connectivity index (χ0v) is 12.1. The van der Waals surface area contributed by atoms with Gasteiger partial charge in [0.25, 0.3) is 0 Å². The standard InChI is InChI=1S/C16H13F3O4/c1-21-10-22-15-5-3-2-4-13(15)14-8-12(23-16(17,18)19)7-6-11(14)9-20/h2-9H,10H2,1H3. The second-order valence-electron chi connectivity index (χ2n) is 4.46. The molecule has 0 saturated heterocycles. The van der Waals surface area contributed by atoms with Crippen LogP contribution in [0.1, 0.15) is 10.4 Å². The predicted octanol–water partition coefficient (Wildman–Crippen LogP) is 4.05. The predicted molar refractivity (Wildman–Crippen MR) is 76.5 cm³/mol. The van der Waals surface area contributed by atoms with Gasteiger partial charge >= 0.3 is 6.36 Å². The summed E-state index contributed by atoms with van der Waals surface area (Å²) >= 11 is 0. The lowest BCUT2D eigenvalue weighted by atomic mass is 9.99. The van der Waals surface area contributed by atoms with E-state index in [0.29, 0.717) is 17.6 Å². The van der Waals surface area contributed by atoms with Crippen molar-refractivity contribution in [1.29, 1.82) is 0 Å². The van der Waals surface area contributed by atoms with Crippen LogP contribution in [-0.4, -0.2) is 26.6 Å². The van der Waals surface area contributed by atoms with Crippen molar-refractivity contribution in [3.8, 4) is 22.6 Å². The zero-order valence-electron chi connectivity index (χ0n) is 12.1. The molecule has 0 spiro atoms. The fourth-order valence-electron chi connectivity index (χ4n) is 2.01. The van der Waals surface area contributed by atoms with Gasteiger partial charge in [-0.25, -0.2) is 0 Å². The van der Waals surface area contributed by atoms with Crippen molar-refractivity contribution >= 4 is 6.29 Å². The average Bonchev–Trinajstić information content (AvgIpc) is 2.51. The molecule has 0 unspecified atom stereocenters. The van der Waals surface area contributed by atoms with Gasteiger partial charge in [0.05, 0.1) is 0 Å². The smallest absolute Gasteiger partial charge is 0.467 e. The van der Waals surface area contributed by atoms with Gasteiger partial charge in [-0.05, 0) is 29.8 Å². The van der Waals surface area contributed by atoms with E-state index >= 15 is 0 Å². The van der Waals surface area contributed by atoms with Gasteiger partial charge in [0.1, 0.15) is 11.5 Å². The molecular formula is C16H13F3O4. The van der Waals surface area contributed by atoms with Crippen molar-refractivity contribution in [1.82, 2.24) is 0 Å². The van der Waals surface area contributed by atoms with E-state index in [4.69, 9.17) is 9.47 Å². The molecule has 0 N–H and O–H groups in total. The Morgan fingerprint density at radius 3 is 2.48 bits per heavy atom. The monoisotopic (exact) mass is 326 g/mol. The second kappa shape index (κ2) is 7.15. The summed E-state index contributed by atoms with van der Waals surface area (Å²) in [5.41, 5.74) is 0.945. The maximum absolute atomic E-state index is 12.4. The number of hydrogen-bond acceptors (Lipinski definition) is 4. The fraction of sp³-hybridized carbons (Fsp3) is 0.188. The SMILES string of the molecule is COCOc1ccccc1-c1cc(OC(F)(F)F)ccc1C=O. The molecule has 0 amide bonds. The number of methoxy groups -OCH3 is 1. The van der Waals surface area contributed by atoms with Crippen LogP contribution in [-0.2, 0) is 4.74 Å². The van der Waals surface area contributed by atoms with Gasteiger partial charge in [0.2, 0.25) is 0 Å². The van der Waals surface area contributed by atoms with Gasteiger partial charge in [0, 0.05) is 18.2 Å². The number of ether oxygens (including phenoxy) is 3. The number of benzene rings is 2. The van der Waals surface area contributed by atoms with Gasteiger partial charge in [-0.1, -0.05) is 18.2 Å². The molecule has 2 rings (SSSR count). The van der Waals surface area contributed by atoms with Crippen molar-refractivity contribution in [2.75, 3.05) is 13.9 Å². The highest BCUT2D eigenvalue weighted by Gasteiger charge is 2.31. The number of para-hydroxylation sites is 1. The van der Waals surface area contributed by atoms with Gasteiger partial charge < -0.3 is 14.2 Å². The summed E-state index contributed by atoms with van der Waals surface area (Å²) in [5, 5.41) is 0. The minimum absolute atomic E-state index is 0.0355. The number of aldehydes is 1. The van der Waals surface area contributed by atoms with E-state index in [1.165, 1.54) is 13.2 Å². The topological polar surface area (TPSA) is 44.8 Å². The molecule has 0 aliphatic rings. The number of halogens is 3. The lowest BCUT2D eigenvalue weighted by molar-refractivity contribution is -0.274. The van der Waals surface area contributed by atoms with Crippen LogP contribution >= 0.6 is 0 Å². The van der Waals surface area contributed by atoms with Gasteiger partial charge in [-0.3, -0.25) is 4.79 Å². The Balaban J connectivity index is 2.49. The Morgan fingerprint density at radius 2 is 1.83 bits per heavy atom.